The van der Waals surface area contributed by atoms with E-state index < -0.39 is 0 Å². The fourth-order valence-corrected chi connectivity index (χ4v) is 3.90. The molecule has 0 spiro atoms. The number of benzene rings is 1. The summed E-state index contributed by atoms with van der Waals surface area (Å²) in [5, 5.41) is 3.66. The van der Waals surface area contributed by atoms with Gasteiger partial charge in [-0.15, -0.1) is 0 Å². The average molecular weight is 277 g/mol. The lowest BCUT2D eigenvalue weighted by atomic mass is 9.49. The number of halogens is 1. The van der Waals surface area contributed by atoms with Gasteiger partial charge in [-0.05, 0) is 53.8 Å². The third-order valence-corrected chi connectivity index (χ3v) is 5.37. The van der Waals surface area contributed by atoms with Gasteiger partial charge in [0, 0.05) is 6.04 Å². The first kappa shape index (κ1) is 15.5. The molecule has 112 valence electrons. The molecule has 0 aliphatic heterocycles. The highest BCUT2D eigenvalue weighted by atomic mass is 19.1. The zero-order valence-electron chi connectivity index (χ0n) is 13.5. The standard InChI is InChI=1S/C18H28FN/c1-6-11-20-16-12-15(18(16,4)5)17(2,3)13-7-9-14(19)10-8-13/h7-10,15-16,20H,6,11-12H2,1-5H3. The van der Waals surface area contributed by atoms with Gasteiger partial charge in [0.25, 0.3) is 0 Å². The van der Waals surface area contributed by atoms with Crippen LogP contribution >= 0.6 is 0 Å². The van der Waals surface area contributed by atoms with E-state index >= 15 is 0 Å². The van der Waals surface area contributed by atoms with Crippen molar-refractivity contribution in [2.75, 3.05) is 6.54 Å². The van der Waals surface area contributed by atoms with Crippen LogP contribution in [0.5, 0.6) is 0 Å². The topological polar surface area (TPSA) is 12.0 Å². The molecule has 1 aliphatic rings. The summed E-state index contributed by atoms with van der Waals surface area (Å²) < 4.78 is 13.1. The van der Waals surface area contributed by atoms with Crippen LogP contribution in [0.3, 0.4) is 0 Å². The van der Waals surface area contributed by atoms with Gasteiger partial charge in [0.15, 0.2) is 0 Å². The van der Waals surface area contributed by atoms with Crippen LogP contribution in [0.25, 0.3) is 0 Å². The first-order valence-corrected chi connectivity index (χ1v) is 7.79. The minimum Gasteiger partial charge on any atom is -0.313 e. The third kappa shape index (κ3) is 2.63. The Bertz CT molecular complexity index is 447. The molecule has 1 saturated carbocycles. The molecular weight excluding hydrogens is 249 g/mol. The van der Waals surface area contributed by atoms with Gasteiger partial charge in [0.2, 0.25) is 0 Å². The maximum Gasteiger partial charge on any atom is 0.123 e. The minimum absolute atomic E-state index is 0.0849. The fourth-order valence-electron chi connectivity index (χ4n) is 3.90. The van der Waals surface area contributed by atoms with Crippen LogP contribution in [0.1, 0.15) is 53.0 Å². The molecule has 0 heterocycles. The van der Waals surface area contributed by atoms with Crippen LogP contribution in [0.2, 0.25) is 0 Å². The Balaban J connectivity index is 2.13. The molecule has 2 atom stereocenters. The Labute approximate surface area is 123 Å². The zero-order valence-corrected chi connectivity index (χ0v) is 13.5. The van der Waals surface area contributed by atoms with Crippen molar-refractivity contribution >= 4 is 0 Å². The van der Waals surface area contributed by atoms with Crippen LogP contribution in [-0.2, 0) is 5.41 Å². The van der Waals surface area contributed by atoms with Crippen molar-refractivity contribution < 1.29 is 4.39 Å². The minimum atomic E-state index is -0.153. The van der Waals surface area contributed by atoms with E-state index in [2.05, 4.69) is 39.9 Å². The van der Waals surface area contributed by atoms with E-state index in [-0.39, 0.29) is 16.6 Å². The maximum absolute atomic E-state index is 13.1. The Kier molecular flexibility index (Phi) is 4.24. The van der Waals surface area contributed by atoms with Crippen molar-refractivity contribution in [3.63, 3.8) is 0 Å². The Morgan fingerprint density at radius 3 is 2.35 bits per heavy atom. The predicted molar refractivity (Wildman–Crippen MR) is 83.4 cm³/mol. The van der Waals surface area contributed by atoms with Gasteiger partial charge >= 0.3 is 0 Å². The van der Waals surface area contributed by atoms with Crippen LogP contribution in [-0.4, -0.2) is 12.6 Å². The van der Waals surface area contributed by atoms with E-state index in [0.717, 1.165) is 6.54 Å². The first-order valence-electron chi connectivity index (χ1n) is 7.79. The number of nitrogens with one attached hydrogen (secondary N) is 1. The molecule has 1 nitrogen and oxygen atoms in total. The maximum atomic E-state index is 13.1. The molecule has 0 radical (unpaired) electrons. The molecule has 2 rings (SSSR count). The summed E-state index contributed by atoms with van der Waals surface area (Å²) in [6.07, 6.45) is 2.38. The lowest BCUT2D eigenvalue weighted by molar-refractivity contribution is -0.0318. The third-order valence-electron chi connectivity index (χ3n) is 5.37. The number of hydrogen-bond acceptors (Lipinski definition) is 1. The van der Waals surface area contributed by atoms with Gasteiger partial charge in [0.1, 0.15) is 5.82 Å². The zero-order chi connectivity index (χ0) is 15.0. The van der Waals surface area contributed by atoms with Gasteiger partial charge in [0.05, 0.1) is 0 Å². The molecule has 1 fully saturated rings. The second kappa shape index (κ2) is 5.48. The summed E-state index contributed by atoms with van der Waals surface area (Å²) in [7, 11) is 0. The first-order chi connectivity index (χ1) is 9.30. The molecule has 1 aliphatic carbocycles. The van der Waals surface area contributed by atoms with E-state index in [1.54, 1.807) is 12.1 Å². The molecule has 0 bridgehead atoms. The van der Waals surface area contributed by atoms with Gasteiger partial charge in [-0.25, -0.2) is 4.39 Å². The Hall–Kier alpha value is -0.890. The van der Waals surface area contributed by atoms with Crippen molar-refractivity contribution in [3.8, 4) is 0 Å². The van der Waals surface area contributed by atoms with Crippen molar-refractivity contribution in [2.24, 2.45) is 11.3 Å². The summed E-state index contributed by atoms with van der Waals surface area (Å²) in [5.74, 6) is 0.467. The van der Waals surface area contributed by atoms with E-state index in [4.69, 9.17) is 0 Å². The van der Waals surface area contributed by atoms with E-state index in [9.17, 15) is 4.39 Å². The van der Waals surface area contributed by atoms with Gasteiger partial charge in [-0.2, -0.15) is 0 Å². The van der Waals surface area contributed by atoms with Crippen molar-refractivity contribution in [1.29, 1.82) is 0 Å². The van der Waals surface area contributed by atoms with Crippen molar-refractivity contribution in [2.45, 2.75) is 58.9 Å². The highest BCUT2D eigenvalue weighted by Gasteiger charge is 2.54. The highest BCUT2D eigenvalue weighted by Crippen LogP contribution is 2.55. The van der Waals surface area contributed by atoms with E-state index in [1.165, 1.54) is 18.4 Å². The van der Waals surface area contributed by atoms with Gasteiger partial charge < -0.3 is 5.32 Å². The molecule has 0 amide bonds. The normalized spacial score (nSPS) is 25.3. The SMILES string of the molecule is CCCNC1CC(C(C)(C)c2ccc(F)cc2)C1(C)C. The Morgan fingerprint density at radius 1 is 1.25 bits per heavy atom. The molecular formula is C18H28FN. The smallest absolute Gasteiger partial charge is 0.123 e. The summed E-state index contributed by atoms with van der Waals surface area (Å²) in [5.41, 5.74) is 1.61. The fraction of sp³-hybridized carbons (Fsp3) is 0.667. The van der Waals surface area contributed by atoms with Crippen LogP contribution in [0.15, 0.2) is 24.3 Å². The number of hydrogen-bond donors (Lipinski definition) is 1. The van der Waals surface area contributed by atoms with Gasteiger partial charge in [-0.1, -0.05) is 46.8 Å². The lowest BCUT2D eigenvalue weighted by Gasteiger charge is -2.59. The van der Waals surface area contributed by atoms with Crippen LogP contribution < -0.4 is 5.32 Å². The molecule has 1 aromatic rings. The molecule has 0 aromatic heterocycles. The van der Waals surface area contributed by atoms with Crippen LogP contribution in [0.4, 0.5) is 4.39 Å². The van der Waals surface area contributed by atoms with Crippen LogP contribution in [0, 0.1) is 17.2 Å². The number of rotatable bonds is 5. The molecule has 20 heavy (non-hydrogen) atoms. The van der Waals surface area contributed by atoms with E-state index in [0.29, 0.717) is 12.0 Å². The van der Waals surface area contributed by atoms with Gasteiger partial charge in [-0.3, -0.25) is 0 Å². The molecule has 0 saturated heterocycles. The quantitative estimate of drug-likeness (QED) is 0.834. The molecule has 2 unspecified atom stereocenters. The summed E-state index contributed by atoms with van der Waals surface area (Å²) >= 11 is 0. The van der Waals surface area contributed by atoms with Crippen molar-refractivity contribution in [1.82, 2.24) is 5.32 Å². The highest BCUT2D eigenvalue weighted by molar-refractivity contribution is 5.28. The van der Waals surface area contributed by atoms with Crippen molar-refractivity contribution in [3.05, 3.63) is 35.6 Å². The van der Waals surface area contributed by atoms with E-state index in [1.807, 2.05) is 12.1 Å². The average Bonchev–Trinajstić information content (AvgIpc) is 2.38. The summed E-state index contributed by atoms with van der Waals surface area (Å²) in [6, 6.07) is 7.65. The molecule has 2 heteroatoms. The molecule has 1 N–H and O–H groups in total. The predicted octanol–water partition coefficient (Wildman–Crippen LogP) is 4.52. The second-order valence-corrected chi connectivity index (χ2v) is 7.34. The molecule has 1 aromatic carbocycles. The Morgan fingerprint density at radius 2 is 1.85 bits per heavy atom. The second-order valence-electron chi connectivity index (χ2n) is 7.34. The summed E-state index contributed by atoms with van der Waals surface area (Å²) in [6.45, 7) is 12.6. The largest absolute Gasteiger partial charge is 0.313 e. The summed E-state index contributed by atoms with van der Waals surface area (Å²) in [4.78, 5) is 0. The lowest BCUT2D eigenvalue weighted by Crippen LogP contribution is -2.61. The monoisotopic (exact) mass is 277 g/mol.